The molecule has 0 unspecified atom stereocenters. The van der Waals surface area contributed by atoms with Gasteiger partial charge in [-0.15, -0.1) is 0 Å². The molecule has 5 rings (SSSR count). The Labute approximate surface area is 193 Å². The zero-order valence-electron chi connectivity index (χ0n) is 18.6. The van der Waals surface area contributed by atoms with Crippen molar-refractivity contribution in [3.63, 3.8) is 0 Å². The van der Waals surface area contributed by atoms with Crippen LogP contribution in [0.5, 0.6) is 5.75 Å². The van der Waals surface area contributed by atoms with E-state index in [2.05, 4.69) is 32.7 Å². The first-order valence-electron chi connectivity index (χ1n) is 11.3. The first-order valence-corrected chi connectivity index (χ1v) is 11.3. The number of benzene rings is 2. The highest BCUT2D eigenvalue weighted by molar-refractivity contribution is 6.09. The Hall–Kier alpha value is -3.42. The molecule has 2 aliphatic rings. The highest BCUT2D eigenvalue weighted by Crippen LogP contribution is 2.35. The number of likely N-dealkylation sites (tertiary alicyclic amines) is 1. The lowest BCUT2D eigenvalue weighted by atomic mass is 10.00. The molecule has 7 heteroatoms. The normalized spacial score (nSPS) is 16.5. The number of piperidine rings is 1. The lowest BCUT2D eigenvalue weighted by molar-refractivity contribution is 0.0792. The van der Waals surface area contributed by atoms with Crippen LogP contribution in [0.3, 0.4) is 0 Å². The fraction of sp³-hybridized carbons (Fsp3) is 0.308. The molecule has 0 bridgehead atoms. The monoisotopic (exact) mass is 444 g/mol. The van der Waals surface area contributed by atoms with Gasteiger partial charge in [-0.3, -0.25) is 9.69 Å². The number of Topliss-reactive ketones (excluding diaryl/α,β-unsaturated/α-hetero) is 1. The van der Waals surface area contributed by atoms with Gasteiger partial charge in [0, 0.05) is 49.7 Å². The van der Waals surface area contributed by atoms with Crippen LogP contribution in [0.4, 0.5) is 22.9 Å². The van der Waals surface area contributed by atoms with Crippen molar-refractivity contribution < 1.29 is 15.0 Å². The molecule has 3 aromatic rings. The Morgan fingerprint density at radius 2 is 1.94 bits per heavy atom. The number of fused-ring (bicyclic) bond motifs is 2. The number of rotatable bonds is 4. The van der Waals surface area contributed by atoms with Gasteiger partial charge in [-0.05, 0) is 54.7 Å². The van der Waals surface area contributed by atoms with Gasteiger partial charge in [0.05, 0.1) is 17.4 Å². The summed E-state index contributed by atoms with van der Waals surface area (Å²) >= 11 is 0. The van der Waals surface area contributed by atoms with Crippen LogP contribution in [0.25, 0.3) is 0 Å². The maximum Gasteiger partial charge on any atom is 0.173 e. The van der Waals surface area contributed by atoms with Gasteiger partial charge in [0.25, 0.3) is 0 Å². The minimum absolute atomic E-state index is 0.0112. The number of nitrogens with one attached hydrogen (secondary N) is 2. The molecule has 33 heavy (non-hydrogen) atoms. The van der Waals surface area contributed by atoms with Gasteiger partial charge in [-0.25, -0.2) is 4.98 Å². The number of carbonyl (C=O) groups is 1. The first-order chi connectivity index (χ1) is 16.0. The fourth-order valence-electron chi connectivity index (χ4n) is 4.57. The standard InChI is InChI=1S/C26H28N4O3/c1-16-2-4-20(32)14-23(16)28-22-6-9-27-26-25(22)24(33)13-18-12-17(3-5-21(18)29-26)15-30-10-7-19(31)8-11-30/h2-6,9,12,14,19,31-32H,7-8,10-11,13,15H2,1H3,(H2,27,28,29). The molecule has 0 aliphatic carbocycles. The minimum Gasteiger partial charge on any atom is -0.508 e. The molecule has 170 valence electrons. The molecule has 3 heterocycles. The number of hydrogen-bond donors (Lipinski definition) is 4. The molecule has 4 N–H and O–H groups in total. The van der Waals surface area contributed by atoms with E-state index in [1.54, 1.807) is 24.4 Å². The van der Waals surface area contributed by atoms with E-state index in [0.29, 0.717) is 17.1 Å². The summed E-state index contributed by atoms with van der Waals surface area (Å²) in [6.07, 6.45) is 3.37. The first kappa shape index (κ1) is 21.4. The van der Waals surface area contributed by atoms with E-state index >= 15 is 0 Å². The van der Waals surface area contributed by atoms with E-state index in [1.807, 2.05) is 19.1 Å². The molecule has 0 radical (unpaired) electrons. The predicted octanol–water partition coefficient (Wildman–Crippen LogP) is 4.28. The van der Waals surface area contributed by atoms with Crippen molar-refractivity contribution in [1.82, 2.24) is 9.88 Å². The Morgan fingerprint density at radius 1 is 1.12 bits per heavy atom. The van der Waals surface area contributed by atoms with Crippen molar-refractivity contribution in [2.45, 2.75) is 38.8 Å². The van der Waals surface area contributed by atoms with Crippen molar-refractivity contribution in [1.29, 1.82) is 0 Å². The SMILES string of the molecule is Cc1ccc(O)cc1Nc1ccnc2c1C(=O)Cc1cc(CN3CCC(O)CC3)ccc1N2. The van der Waals surface area contributed by atoms with Gasteiger partial charge in [0.2, 0.25) is 0 Å². The average molecular weight is 445 g/mol. The lowest BCUT2D eigenvalue weighted by Gasteiger charge is -2.29. The fourth-order valence-corrected chi connectivity index (χ4v) is 4.57. The Bertz CT molecular complexity index is 1200. The average Bonchev–Trinajstić information content (AvgIpc) is 2.93. The molecule has 0 amide bonds. The topological polar surface area (TPSA) is 97.7 Å². The number of nitrogens with zero attached hydrogens (tertiary/aromatic N) is 2. The summed E-state index contributed by atoms with van der Waals surface area (Å²) in [5.41, 5.74) is 5.88. The second kappa shape index (κ2) is 8.84. The van der Waals surface area contributed by atoms with E-state index < -0.39 is 0 Å². The van der Waals surface area contributed by atoms with E-state index in [1.165, 1.54) is 0 Å². The summed E-state index contributed by atoms with van der Waals surface area (Å²) in [5, 5.41) is 26.3. The van der Waals surface area contributed by atoms with Crippen molar-refractivity contribution in [2.24, 2.45) is 0 Å². The van der Waals surface area contributed by atoms with E-state index in [4.69, 9.17) is 0 Å². The smallest absolute Gasteiger partial charge is 0.173 e. The quantitative estimate of drug-likeness (QED) is 0.477. The molecule has 2 aliphatic heterocycles. The third-order valence-electron chi connectivity index (χ3n) is 6.46. The van der Waals surface area contributed by atoms with E-state index in [-0.39, 0.29) is 24.1 Å². The highest BCUT2D eigenvalue weighted by Gasteiger charge is 2.25. The molecule has 2 aromatic carbocycles. The molecular weight excluding hydrogens is 416 g/mol. The van der Waals surface area contributed by atoms with Crippen LogP contribution in [0, 0.1) is 6.92 Å². The Kier molecular flexibility index (Phi) is 5.74. The molecule has 0 atom stereocenters. The highest BCUT2D eigenvalue weighted by atomic mass is 16.3. The number of aliphatic hydroxyl groups is 1. The van der Waals surface area contributed by atoms with Crippen LogP contribution in [-0.2, 0) is 13.0 Å². The summed E-state index contributed by atoms with van der Waals surface area (Å²) in [7, 11) is 0. The second-order valence-corrected chi connectivity index (χ2v) is 8.93. The largest absolute Gasteiger partial charge is 0.508 e. The number of pyridine rings is 1. The summed E-state index contributed by atoms with van der Waals surface area (Å²) in [6.45, 7) is 4.52. The summed E-state index contributed by atoms with van der Waals surface area (Å²) < 4.78 is 0. The van der Waals surface area contributed by atoms with Gasteiger partial charge < -0.3 is 20.8 Å². The molecule has 0 saturated carbocycles. The summed E-state index contributed by atoms with van der Waals surface area (Å²) in [5.74, 6) is 0.679. The molecule has 1 fully saturated rings. The zero-order valence-corrected chi connectivity index (χ0v) is 18.6. The van der Waals surface area contributed by atoms with Crippen LogP contribution in [0.2, 0.25) is 0 Å². The molecule has 7 nitrogen and oxygen atoms in total. The molecular formula is C26H28N4O3. The third kappa shape index (κ3) is 4.55. The van der Waals surface area contributed by atoms with Gasteiger partial charge in [0.15, 0.2) is 5.78 Å². The van der Waals surface area contributed by atoms with Crippen LogP contribution in [-0.4, -0.2) is 45.1 Å². The number of aromatic nitrogens is 1. The zero-order chi connectivity index (χ0) is 22.9. The number of aryl methyl sites for hydroxylation is 1. The van der Waals surface area contributed by atoms with Crippen LogP contribution < -0.4 is 10.6 Å². The minimum atomic E-state index is -0.187. The molecule has 1 aromatic heterocycles. The number of anilines is 4. The van der Waals surface area contributed by atoms with Gasteiger partial charge in [0.1, 0.15) is 11.6 Å². The number of carbonyl (C=O) groups excluding carboxylic acids is 1. The van der Waals surface area contributed by atoms with E-state index in [9.17, 15) is 15.0 Å². The van der Waals surface area contributed by atoms with Crippen molar-refractivity contribution in [2.75, 3.05) is 23.7 Å². The number of ketones is 1. The Morgan fingerprint density at radius 3 is 2.76 bits per heavy atom. The second-order valence-electron chi connectivity index (χ2n) is 8.93. The number of aromatic hydroxyl groups is 1. The van der Waals surface area contributed by atoms with E-state index in [0.717, 1.165) is 60.5 Å². The maximum absolute atomic E-state index is 13.4. The van der Waals surface area contributed by atoms with Crippen molar-refractivity contribution in [3.05, 3.63) is 70.9 Å². The van der Waals surface area contributed by atoms with Crippen LogP contribution >= 0.6 is 0 Å². The Balaban J connectivity index is 1.41. The third-order valence-corrected chi connectivity index (χ3v) is 6.46. The predicted molar refractivity (Wildman–Crippen MR) is 129 cm³/mol. The van der Waals surface area contributed by atoms with Crippen molar-refractivity contribution in [3.8, 4) is 5.75 Å². The van der Waals surface area contributed by atoms with Crippen LogP contribution in [0.1, 0.15) is 39.9 Å². The van der Waals surface area contributed by atoms with Gasteiger partial charge >= 0.3 is 0 Å². The number of aliphatic hydroxyl groups excluding tert-OH is 1. The molecule has 0 spiro atoms. The summed E-state index contributed by atoms with van der Waals surface area (Å²) in [6, 6.07) is 13.1. The summed E-state index contributed by atoms with van der Waals surface area (Å²) in [4.78, 5) is 20.1. The number of phenolic OH excluding ortho intramolecular Hbond substituents is 1. The van der Waals surface area contributed by atoms with Crippen molar-refractivity contribution >= 4 is 28.7 Å². The number of hydrogen-bond acceptors (Lipinski definition) is 7. The maximum atomic E-state index is 13.4. The number of phenols is 1. The molecule has 1 saturated heterocycles. The van der Waals surface area contributed by atoms with Gasteiger partial charge in [-0.1, -0.05) is 18.2 Å². The van der Waals surface area contributed by atoms with Gasteiger partial charge in [-0.2, -0.15) is 0 Å². The lowest BCUT2D eigenvalue weighted by Crippen LogP contribution is -2.35. The van der Waals surface area contributed by atoms with Crippen LogP contribution in [0.15, 0.2) is 48.7 Å².